The number of nitrogens with one attached hydrogen (secondary N) is 1. The van der Waals surface area contributed by atoms with Crippen LogP contribution in [0.2, 0.25) is 5.02 Å². The van der Waals surface area contributed by atoms with Gasteiger partial charge >= 0.3 is 0 Å². The monoisotopic (exact) mass is 330 g/mol. The van der Waals surface area contributed by atoms with Crippen LogP contribution in [0.3, 0.4) is 0 Å². The van der Waals surface area contributed by atoms with Crippen molar-refractivity contribution in [3.63, 3.8) is 0 Å². The lowest BCUT2D eigenvalue weighted by atomic mass is 9.94. The number of carbonyl (C=O) groups excluding carboxylic acids is 1. The summed E-state index contributed by atoms with van der Waals surface area (Å²) in [5.74, 6) is 0.748. The van der Waals surface area contributed by atoms with E-state index in [1.807, 2.05) is 23.1 Å². The summed E-state index contributed by atoms with van der Waals surface area (Å²) in [6.07, 6.45) is 1.01. The number of ether oxygens (including phenoxy) is 1. The average molecular weight is 331 g/mol. The molecule has 1 aliphatic rings. The molecule has 0 aliphatic carbocycles. The minimum absolute atomic E-state index is 0.0760. The van der Waals surface area contributed by atoms with Crippen LogP contribution in [0.25, 0.3) is 0 Å². The lowest BCUT2D eigenvalue weighted by Gasteiger charge is -2.41. The number of rotatable bonds is 5. The third kappa shape index (κ3) is 3.42. The van der Waals surface area contributed by atoms with Gasteiger partial charge in [0.25, 0.3) is 0 Å². The van der Waals surface area contributed by atoms with Gasteiger partial charge in [-0.05, 0) is 30.2 Å². The Balaban J connectivity index is 1.63. The summed E-state index contributed by atoms with van der Waals surface area (Å²) in [6.45, 7) is 1.02. The van der Waals surface area contributed by atoms with Crippen molar-refractivity contribution in [2.45, 2.75) is 12.5 Å². The minimum Gasteiger partial charge on any atom is -0.495 e. The molecular formula is C18H19ClN2O2. The summed E-state index contributed by atoms with van der Waals surface area (Å²) in [5.41, 5.74) is 1.91. The fourth-order valence-electron chi connectivity index (χ4n) is 2.80. The fourth-order valence-corrected chi connectivity index (χ4v) is 2.97. The van der Waals surface area contributed by atoms with Crippen LogP contribution in [0.15, 0.2) is 48.5 Å². The molecule has 23 heavy (non-hydrogen) atoms. The van der Waals surface area contributed by atoms with Gasteiger partial charge in [-0.1, -0.05) is 41.9 Å². The van der Waals surface area contributed by atoms with E-state index in [1.165, 1.54) is 5.56 Å². The number of nitrogens with zero attached hydrogens (tertiary/aromatic N) is 1. The van der Waals surface area contributed by atoms with Gasteiger partial charge in [-0.25, -0.2) is 0 Å². The Bertz CT molecular complexity index is 691. The number of hydrogen-bond acceptors (Lipinski definition) is 3. The number of halogens is 1. The van der Waals surface area contributed by atoms with Crippen LogP contribution in [-0.4, -0.2) is 31.0 Å². The number of anilines is 1. The van der Waals surface area contributed by atoms with Crippen molar-refractivity contribution < 1.29 is 9.53 Å². The Kier molecular flexibility index (Phi) is 4.72. The molecule has 1 fully saturated rings. The fraction of sp³-hybridized carbons (Fsp3) is 0.278. The minimum atomic E-state index is 0.0760. The van der Waals surface area contributed by atoms with Crippen LogP contribution < -0.4 is 10.1 Å². The molecule has 1 N–H and O–H groups in total. The Morgan fingerprint density at radius 2 is 2.09 bits per heavy atom. The molecule has 0 bridgehead atoms. The first-order valence-corrected chi connectivity index (χ1v) is 7.98. The Morgan fingerprint density at radius 3 is 2.74 bits per heavy atom. The first kappa shape index (κ1) is 15.7. The van der Waals surface area contributed by atoms with Gasteiger partial charge in [-0.3, -0.25) is 4.79 Å². The molecule has 3 rings (SSSR count). The molecule has 1 unspecified atom stereocenters. The Morgan fingerprint density at radius 1 is 1.30 bits per heavy atom. The second-order valence-electron chi connectivity index (χ2n) is 5.50. The van der Waals surface area contributed by atoms with E-state index in [2.05, 4.69) is 17.4 Å². The van der Waals surface area contributed by atoms with Crippen LogP contribution in [0.4, 0.5) is 5.69 Å². The number of methoxy groups -OCH3 is 1. The van der Waals surface area contributed by atoms with E-state index in [9.17, 15) is 4.79 Å². The van der Waals surface area contributed by atoms with Gasteiger partial charge in [-0.15, -0.1) is 0 Å². The summed E-state index contributed by atoms with van der Waals surface area (Å²) in [4.78, 5) is 14.4. The summed E-state index contributed by atoms with van der Waals surface area (Å²) >= 11 is 6.00. The molecule has 0 aromatic heterocycles. The molecule has 1 aliphatic heterocycles. The van der Waals surface area contributed by atoms with Crippen molar-refractivity contribution in [3.05, 3.63) is 59.1 Å². The van der Waals surface area contributed by atoms with Crippen molar-refractivity contribution in [2.75, 3.05) is 25.5 Å². The Hall–Kier alpha value is -2.20. The SMILES string of the molecule is COc1ccc(Cl)cc1NCC(=O)N1CCC1c1ccccc1. The molecule has 5 heteroatoms. The number of likely N-dealkylation sites (tertiary alicyclic amines) is 1. The largest absolute Gasteiger partial charge is 0.495 e. The molecule has 0 spiro atoms. The molecule has 0 saturated carbocycles. The van der Waals surface area contributed by atoms with E-state index in [0.717, 1.165) is 18.7 Å². The molecule has 1 amide bonds. The highest BCUT2D eigenvalue weighted by molar-refractivity contribution is 6.30. The maximum absolute atomic E-state index is 12.5. The summed E-state index contributed by atoms with van der Waals surface area (Å²) in [5, 5.41) is 3.73. The van der Waals surface area contributed by atoms with Gasteiger partial charge in [0.05, 0.1) is 25.4 Å². The van der Waals surface area contributed by atoms with Crippen LogP contribution in [-0.2, 0) is 4.79 Å². The van der Waals surface area contributed by atoms with Gasteiger partial charge in [0.1, 0.15) is 5.75 Å². The van der Waals surface area contributed by atoms with E-state index in [1.54, 1.807) is 25.3 Å². The van der Waals surface area contributed by atoms with Crippen molar-refractivity contribution >= 4 is 23.2 Å². The topological polar surface area (TPSA) is 41.6 Å². The van der Waals surface area contributed by atoms with Crippen molar-refractivity contribution in [3.8, 4) is 5.75 Å². The van der Waals surface area contributed by atoms with Gasteiger partial charge < -0.3 is 15.0 Å². The standard InChI is InChI=1S/C18H19ClN2O2/c1-23-17-8-7-14(19)11-15(17)20-12-18(22)21-10-9-16(21)13-5-3-2-4-6-13/h2-8,11,16,20H,9-10,12H2,1H3. The molecule has 4 nitrogen and oxygen atoms in total. The summed E-state index contributed by atoms with van der Waals surface area (Å²) in [7, 11) is 1.59. The van der Waals surface area contributed by atoms with E-state index < -0.39 is 0 Å². The number of carbonyl (C=O) groups is 1. The van der Waals surface area contributed by atoms with Crippen molar-refractivity contribution in [2.24, 2.45) is 0 Å². The zero-order chi connectivity index (χ0) is 16.2. The molecular weight excluding hydrogens is 312 g/mol. The maximum Gasteiger partial charge on any atom is 0.242 e. The molecule has 2 aromatic carbocycles. The van der Waals surface area contributed by atoms with Crippen LogP contribution in [0.5, 0.6) is 5.75 Å². The van der Waals surface area contributed by atoms with Gasteiger partial charge in [0.15, 0.2) is 0 Å². The Labute approximate surface area is 141 Å². The lowest BCUT2D eigenvalue weighted by Crippen LogP contribution is -2.47. The number of amides is 1. The van der Waals surface area contributed by atoms with E-state index in [-0.39, 0.29) is 18.5 Å². The van der Waals surface area contributed by atoms with E-state index >= 15 is 0 Å². The zero-order valence-electron chi connectivity index (χ0n) is 13.0. The third-order valence-electron chi connectivity index (χ3n) is 4.12. The van der Waals surface area contributed by atoms with Gasteiger partial charge in [0, 0.05) is 11.6 Å². The first-order valence-electron chi connectivity index (χ1n) is 7.61. The predicted molar refractivity (Wildman–Crippen MR) is 92.0 cm³/mol. The smallest absolute Gasteiger partial charge is 0.242 e. The second-order valence-corrected chi connectivity index (χ2v) is 5.94. The summed E-state index contributed by atoms with van der Waals surface area (Å²) in [6, 6.07) is 15.6. The quantitative estimate of drug-likeness (QED) is 0.908. The normalized spacial score (nSPS) is 16.6. The molecule has 2 aromatic rings. The third-order valence-corrected chi connectivity index (χ3v) is 4.35. The number of benzene rings is 2. The molecule has 1 saturated heterocycles. The van der Waals surface area contributed by atoms with Crippen molar-refractivity contribution in [1.29, 1.82) is 0 Å². The molecule has 1 atom stereocenters. The first-order chi connectivity index (χ1) is 11.2. The van der Waals surface area contributed by atoms with Crippen molar-refractivity contribution in [1.82, 2.24) is 4.90 Å². The van der Waals surface area contributed by atoms with E-state index in [4.69, 9.17) is 16.3 Å². The van der Waals surface area contributed by atoms with E-state index in [0.29, 0.717) is 10.8 Å². The molecule has 0 radical (unpaired) electrons. The predicted octanol–water partition coefficient (Wildman–Crippen LogP) is 3.73. The summed E-state index contributed by atoms with van der Waals surface area (Å²) < 4.78 is 5.28. The number of hydrogen-bond donors (Lipinski definition) is 1. The molecule has 1 heterocycles. The zero-order valence-corrected chi connectivity index (χ0v) is 13.7. The highest BCUT2D eigenvalue weighted by atomic mass is 35.5. The van der Waals surface area contributed by atoms with Crippen LogP contribution >= 0.6 is 11.6 Å². The molecule has 120 valence electrons. The highest BCUT2D eigenvalue weighted by Crippen LogP contribution is 2.33. The highest BCUT2D eigenvalue weighted by Gasteiger charge is 2.32. The average Bonchev–Trinajstić information content (AvgIpc) is 2.53. The second kappa shape index (κ2) is 6.92. The van der Waals surface area contributed by atoms with Crippen LogP contribution in [0, 0.1) is 0 Å². The van der Waals surface area contributed by atoms with Crippen LogP contribution in [0.1, 0.15) is 18.0 Å². The van der Waals surface area contributed by atoms with Gasteiger partial charge in [0.2, 0.25) is 5.91 Å². The van der Waals surface area contributed by atoms with Gasteiger partial charge in [-0.2, -0.15) is 0 Å². The maximum atomic E-state index is 12.5. The lowest BCUT2D eigenvalue weighted by molar-refractivity contribution is -0.137.